The minimum absolute atomic E-state index is 0.00893. The SMILES string of the molecule is Cc1cc(C(=O)NC(C)C(C)CCl)ccc1F. The van der Waals surface area contributed by atoms with E-state index in [2.05, 4.69) is 5.32 Å². The van der Waals surface area contributed by atoms with Crippen molar-refractivity contribution >= 4 is 17.5 Å². The Bertz CT molecular complexity index is 408. The molecule has 0 aliphatic carbocycles. The van der Waals surface area contributed by atoms with Gasteiger partial charge in [-0.15, -0.1) is 11.6 Å². The normalized spacial score (nSPS) is 14.2. The lowest BCUT2D eigenvalue weighted by molar-refractivity contribution is 0.0931. The molecule has 0 radical (unpaired) electrons. The maximum absolute atomic E-state index is 13.1. The first-order chi connectivity index (χ1) is 7.95. The zero-order valence-electron chi connectivity index (χ0n) is 10.3. The van der Waals surface area contributed by atoms with E-state index in [9.17, 15) is 9.18 Å². The van der Waals surface area contributed by atoms with Gasteiger partial charge in [-0.1, -0.05) is 6.92 Å². The highest BCUT2D eigenvalue weighted by atomic mass is 35.5. The number of nitrogens with one attached hydrogen (secondary N) is 1. The zero-order valence-corrected chi connectivity index (χ0v) is 11.0. The van der Waals surface area contributed by atoms with Crippen molar-refractivity contribution in [2.45, 2.75) is 26.8 Å². The van der Waals surface area contributed by atoms with Gasteiger partial charge in [0.05, 0.1) is 0 Å². The van der Waals surface area contributed by atoms with Gasteiger partial charge in [-0.2, -0.15) is 0 Å². The average molecular weight is 258 g/mol. The Labute approximate surface area is 106 Å². The first-order valence-electron chi connectivity index (χ1n) is 5.58. The monoisotopic (exact) mass is 257 g/mol. The molecule has 0 bridgehead atoms. The molecule has 2 unspecified atom stereocenters. The minimum Gasteiger partial charge on any atom is -0.349 e. The van der Waals surface area contributed by atoms with E-state index in [0.29, 0.717) is 17.0 Å². The lowest BCUT2D eigenvalue weighted by Gasteiger charge is -2.19. The third kappa shape index (κ3) is 3.70. The predicted octanol–water partition coefficient (Wildman–Crippen LogP) is 3.13. The van der Waals surface area contributed by atoms with Crippen molar-refractivity contribution in [3.8, 4) is 0 Å². The summed E-state index contributed by atoms with van der Waals surface area (Å²) < 4.78 is 13.1. The number of carbonyl (C=O) groups is 1. The van der Waals surface area contributed by atoms with Crippen molar-refractivity contribution in [1.29, 1.82) is 0 Å². The minimum atomic E-state index is -0.302. The highest BCUT2D eigenvalue weighted by Gasteiger charge is 2.15. The molecule has 2 nitrogen and oxygen atoms in total. The summed E-state index contributed by atoms with van der Waals surface area (Å²) in [6.45, 7) is 5.51. The van der Waals surface area contributed by atoms with Crippen LogP contribution in [0.4, 0.5) is 4.39 Å². The molecule has 1 rings (SSSR count). The van der Waals surface area contributed by atoms with Crippen LogP contribution in [0, 0.1) is 18.7 Å². The van der Waals surface area contributed by atoms with E-state index >= 15 is 0 Å². The molecule has 1 N–H and O–H groups in total. The Morgan fingerprint density at radius 3 is 2.65 bits per heavy atom. The van der Waals surface area contributed by atoms with Crippen molar-refractivity contribution in [3.05, 3.63) is 35.1 Å². The van der Waals surface area contributed by atoms with E-state index in [0.717, 1.165) is 0 Å². The summed E-state index contributed by atoms with van der Waals surface area (Å²) in [4.78, 5) is 11.9. The van der Waals surface area contributed by atoms with Gasteiger partial charge in [-0.25, -0.2) is 4.39 Å². The first-order valence-corrected chi connectivity index (χ1v) is 6.12. The number of benzene rings is 1. The highest BCUT2D eigenvalue weighted by Crippen LogP contribution is 2.11. The molecule has 0 fully saturated rings. The number of aryl methyl sites for hydroxylation is 1. The van der Waals surface area contributed by atoms with Crippen LogP contribution < -0.4 is 5.32 Å². The van der Waals surface area contributed by atoms with Gasteiger partial charge in [0.25, 0.3) is 5.91 Å². The molecule has 4 heteroatoms. The lowest BCUT2D eigenvalue weighted by atomic mass is 10.1. The molecule has 0 aliphatic heterocycles. The van der Waals surface area contributed by atoms with Crippen molar-refractivity contribution in [2.24, 2.45) is 5.92 Å². The van der Waals surface area contributed by atoms with Gasteiger partial charge in [-0.3, -0.25) is 4.79 Å². The van der Waals surface area contributed by atoms with Crippen LogP contribution in [0.3, 0.4) is 0 Å². The van der Waals surface area contributed by atoms with Crippen LogP contribution in [0.1, 0.15) is 29.8 Å². The van der Waals surface area contributed by atoms with E-state index in [1.807, 2.05) is 13.8 Å². The Kier molecular flexibility index (Phi) is 4.94. The van der Waals surface area contributed by atoms with Crippen LogP contribution in [0.15, 0.2) is 18.2 Å². The fourth-order valence-corrected chi connectivity index (χ4v) is 1.62. The Morgan fingerprint density at radius 2 is 2.12 bits per heavy atom. The van der Waals surface area contributed by atoms with E-state index in [-0.39, 0.29) is 23.7 Å². The summed E-state index contributed by atoms with van der Waals surface area (Å²) in [6, 6.07) is 4.32. The number of alkyl halides is 1. The lowest BCUT2D eigenvalue weighted by Crippen LogP contribution is -2.37. The van der Waals surface area contributed by atoms with Gasteiger partial charge < -0.3 is 5.32 Å². The number of hydrogen-bond acceptors (Lipinski definition) is 1. The third-order valence-electron chi connectivity index (χ3n) is 2.88. The van der Waals surface area contributed by atoms with Crippen LogP contribution in [-0.2, 0) is 0 Å². The topological polar surface area (TPSA) is 29.1 Å². The van der Waals surface area contributed by atoms with Gasteiger partial charge >= 0.3 is 0 Å². The fourth-order valence-electron chi connectivity index (χ4n) is 1.35. The van der Waals surface area contributed by atoms with E-state index in [1.165, 1.54) is 12.1 Å². The molecular weight excluding hydrogens is 241 g/mol. The second-order valence-electron chi connectivity index (χ2n) is 4.36. The molecule has 0 aromatic heterocycles. The van der Waals surface area contributed by atoms with Gasteiger partial charge in [0, 0.05) is 17.5 Å². The highest BCUT2D eigenvalue weighted by molar-refractivity contribution is 6.18. The second kappa shape index (κ2) is 6.01. The van der Waals surface area contributed by atoms with E-state index < -0.39 is 0 Å². The van der Waals surface area contributed by atoms with Crippen molar-refractivity contribution < 1.29 is 9.18 Å². The molecule has 0 aliphatic rings. The van der Waals surface area contributed by atoms with E-state index in [4.69, 9.17) is 11.6 Å². The van der Waals surface area contributed by atoms with Gasteiger partial charge in [0.15, 0.2) is 0 Å². The molecule has 2 atom stereocenters. The van der Waals surface area contributed by atoms with Gasteiger partial charge in [-0.05, 0) is 43.5 Å². The van der Waals surface area contributed by atoms with E-state index in [1.54, 1.807) is 13.0 Å². The van der Waals surface area contributed by atoms with Crippen molar-refractivity contribution in [1.82, 2.24) is 5.32 Å². The summed E-state index contributed by atoms with van der Waals surface area (Å²) in [6.07, 6.45) is 0. The maximum atomic E-state index is 13.1. The van der Waals surface area contributed by atoms with Gasteiger partial charge in [0.1, 0.15) is 5.82 Å². The van der Waals surface area contributed by atoms with Crippen molar-refractivity contribution in [3.63, 3.8) is 0 Å². The molecule has 1 aromatic rings. The number of rotatable bonds is 4. The Hall–Kier alpha value is -1.09. The molecule has 94 valence electrons. The molecular formula is C13H17ClFNO. The van der Waals surface area contributed by atoms with Crippen LogP contribution >= 0.6 is 11.6 Å². The molecule has 1 aromatic carbocycles. The Morgan fingerprint density at radius 1 is 1.47 bits per heavy atom. The van der Waals surface area contributed by atoms with Gasteiger partial charge in [0.2, 0.25) is 0 Å². The number of halogens is 2. The van der Waals surface area contributed by atoms with Crippen LogP contribution in [0.25, 0.3) is 0 Å². The van der Waals surface area contributed by atoms with Crippen LogP contribution in [0.5, 0.6) is 0 Å². The maximum Gasteiger partial charge on any atom is 0.251 e. The average Bonchev–Trinajstić information content (AvgIpc) is 2.31. The number of carbonyl (C=O) groups excluding carboxylic acids is 1. The zero-order chi connectivity index (χ0) is 13.0. The summed E-state index contributed by atoms with van der Waals surface area (Å²) in [5, 5.41) is 2.85. The summed E-state index contributed by atoms with van der Waals surface area (Å²) in [7, 11) is 0. The first kappa shape index (κ1) is 14.0. The smallest absolute Gasteiger partial charge is 0.251 e. The Balaban J connectivity index is 2.73. The fraction of sp³-hybridized carbons (Fsp3) is 0.462. The van der Waals surface area contributed by atoms with Crippen LogP contribution in [-0.4, -0.2) is 17.8 Å². The standard InChI is InChI=1S/C13H17ClFNO/c1-8-6-11(4-5-12(8)15)13(17)16-10(3)9(2)7-14/h4-6,9-10H,7H2,1-3H3,(H,16,17). The molecule has 0 saturated heterocycles. The molecule has 0 spiro atoms. The molecule has 0 heterocycles. The summed E-state index contributed by atoms with van der Waals surface area (Å²) in [5.74, 6) is 0.188. The second-order valence-corrected chi connectivity index (χ2v) is 4.67. The molecule has 0 saturated carbocycles. The van der Waals surface area contributed by atoms with Crippen molar-refractivity contribution in [2.75, 3.05) is 5.88 Å². The quantitative estimate of drug-likeness (QED) is 0.825. The number of hydrogen-bond donors (Lipinski definition) is 1. The number of amides is 1. The van der Waals surface area contributed by atoms with Crippen LogP contribution in [0.2, 0.25) is 0 Å². The predicted molar refractivity (Wildman–Crippen MR) is 67.9 cm³/mol. The molecule has 17 heavy (non-hydrogen) atoms. The third-order valence-corrected chi connectivity index (χ3v) is 3.36. The largest absolute Gasteiger partial charge is 0.349 e. The summed E-state index contributed by atoms with van der Waals surface area (Å²) in [5.41, 5.74) is 0.938. The summed E-state index contributed by atoms with van der Waals surface area (Å²) >= 11 is 5.72. The molecule has 1 amide bonds.